The molecule has 0 heterocycles. The summed E-state index contributed by atoms with van der Waals surface area (Å²) < 4.78 is 5.51. The number of likely N-dealkylation sites (N-methyl/N-ethyl adjacent to an activating group) is 1. The van der Waals surface area contributed by atoms with Gasteiger partial charge in [0.2, 0.25) is 0 Å². The van der Waals surface area contributed by atoms with Crippen LogP contribution in [0.5, 0.6) is 5.75 Å². The molecule has 3 heteroatoms. The van der Waals surface area contributed by atoms with E-state index in [1.807, 2.05) is 12.1 Å². The SMILES string of the molecule is CCCCN(C)CC(NCCC)c1ccccc1OC. The molecule has 0 saturated heterocycles. The van der Waals surface area contributed by atoms with E-state index in [0.717, 1.165) is 31.8 Å². The van der Waals surface area contributed by atoms with E-state index >= 15 is 0 Å². The monoisotopic (exact) mass is 278 g/mol. The minimum Gasteiger partial charge on any atom is -0.496 e. The van der Waals surface area contributed by atoms with E-state index in [0.29, 0.717) is 6.04 Å². The van der Waals surface area contributed by atoms with Gasteiger partial charge >= 0.3 is 0 Å². The number of unbranched alkanes of at least 4 members (excludes halogenated alkanes) is 1. The van der Waals surface area contributed by atoms with Crippen LogP contribution in [-0.2, 0) is 0 Å². The maximum atomic E-state index is 5.51. The Morgan fingerprint density at radius 2 is 1.95 bits per heavy atom. The predicted molar refractivity (Wildman–Crippen MR) is 86.4 cm³/mol. The molecule has 0 amide bonds. The fraction of sp³-hybridized carbons (Fsp3) is 0.647. The van der Waals surface area contributed by atoms with Gasteiger partial charge in [-0.15, -0.1) is 0 Å². The Balaban J connectivity index is 2.76. The van der Waals surface area contributed by atoms with Crippen molar-refractivity contribution in [1.82, 2.24) is 10.2 Å². The third-order valence-electron chi connectivity index (χ3n) is 3.54. The highest BCUT2D eigenvalue weighted by atomic mass is 16.5. The van der Waals surface area contributed by atoms with Gasteiger partial charge in [-0.1, -0.05) is 38.5 Å². The molecule has 0 aliphatic carbocycles. The Morgan fingerprint density at radius 1 is 1.20 bits per heavy atom. The van der Waals surface area contributed by atoms with E-state index in [2.05, 4.69) is 43.2 Å². The van der Waals surface area contributed by atoms with Gasteiger partial charge in [-0.25, -0.2) is 0 Å². The highest BCUT2D eigenvalue weighted by Crippen LogP contribution is 2.25. The van der Waals surface area contributed by atoms with Crippen LogP contribution >= 0.6 is 0 Å². The zero-order valence-corrected chi connectivity index (χ0v) is 13.5. The Kier molecular flexibility index (Phi) is 8.31. The maximum Gasteiger partial charge on any atom is 0.123 e. The summed E-state index contributed by atoms with van der Waals surface area (Å²) in [7, 11) is 3.95. The second-order valence-electron chi connectivity index (χ2n) is 5.36. The van der Waals surface area contributed by atoms with Gasteiger partial charge in [-0.2, -0.15) is 0 Å². The molecule has 0 radical (unpaired) electrons. The van der Waals surface area contributed by atoms with Crippen LogP contribution in [0, 0.1) is 0 Å². The first-order chi connectivity index (χ1) is 9.72. The number of para-hydroxylation sites is 1. The first-order valence-corrected chi connectivity index (χ1v) is 7.77. The summed E-state index contributed by atoms with van der Waals surface area (Å²) in [6, 6.07) is 8.65. The van der Waals surface area contributed by atoms with Gasteiger partial charge < -0.3 is 15.0 Å². The van der Waals surface area contributed by atoms with Crippen molar-refractivity contribution < 1.29 is 4.74 Å². The van der Waals surface area contributed by atoms with Crippen LogP contribution in [0.3, 0.4) is 0 Å². The zero-order valence-electron chi connectivity index (χ0n) is 13.5. The zero-order chi connectivity index (χ0) is 14.8. The van der Waals surface area contributed by atoms with Crippen molar-refractivity contribution in [3.63, 3.8) is 0 Å². The van der Waals surface area contributed by atoms with E-state index < -0.39 is 0 Å². The molecule has 114 valence electrons. The Morgan fingerprint density at radius 3 is 2.60 bits per heavy atom. The summed E-state index contributed by atoms with van der Waals surface area (Å²) in [6.45, 7) is 7.63. The Bertz CT molecular complexity index is 368. The summed E-state index contributed by atoms with van der Waals surface area (Å²) in [4.78, 5) is 2.41. The number of hydrogen-bond acceptors (Lipinski definition) is 3. The van der Waals surface area contributed by atoms with E-state index in [1.54, 1.807) is 7.11 Å². The van der Waals surface area contributed by atoms with E-state index in [-0.39, 0.29) is 0 Å². The average molecular weight is 278 g/mol. The average Bonchev–Trinajstić information content (AvgIpc) is 2.49. The lowest BCUT2D eigenvalue weighted by Gasteiger charge is -2.26. The van der Waals surface area contributed by atoms with Crippen LogP contribution in [0.15, 0.2) is 24.3 Å². The summed E-state index contributed by atoms with van der Waals surface area (Å²) >= 11 is 0. The number of ether oxygens (including phenoxy) is 1. The van der Waals surface area contributed by atoms with Gasteiger partial charge in [-0.3, -0.25) is 0 Å². The van der Waals surface area contributed by atoms with E-state index in [9.17, 15) is 0 Å². The molecule has 0 aromatic heterocycles. The van der Waals surface area contributed by atoms with Crippen molar-refractivity contribution in [2.24, 2.45) is 0 Å². The van der Waals surface area contributed by atoms with Crippen molar-refractivity contribution in [3.8, 4) is 5.75 Å². The maximum absolute atomic E-state index is 5.51. The van der Waals surface area contributed by atoms with Crippen LogP contribution < -0.4 is 10.1 Å². The third-order valence-corrected chi connectivity index (χ3v) is 3.54. The minimum atomic E-state index is 0.327. The largest absolute Gasteiger partial charge is 0.496 e. The third kappa shape index (κ3) is 5.51. The first kappa shape index (κ1) is 17.0. The van der Waals surface area contributed by atoms with E-state index in [1.165, 1.54) is 18.4 Å². The molecule has 0 spiro atoms. The number of nitrogens with zero attached hydrogens (tertiary/aromatic N) is 1. The molecule has 3 nitrogen and oxygen atoms in total. The molecular weight excluding hydrogens is 248 g/mol. The van der Waals surface area contributed by atoms with Gasteiger partial charge in [0, 0.05) is 18.2 Å². The first-order valence-electron chi connectivity index (χ1n) is 7.77. The number of benzene rings is 1. The minimum absolute atomic E-state index is 0.327. The summed E-state index contributed by atoms with van der Waals surface area (Å²) in [5.74, 6) is 0.977. The quantitative estimate of drug-likeness (QED) is 0.709. The van der Waals surface area contributed by atoms with Crippen molar-refractivity contribution in [2.75, 3.05) is 33.8 Å². The molecule has 1 aromatic carbocycles. The number of rotatable bonds is 10. The van der Waals surface area contributed by atoms with Crippen LogP contribution in [-0.4, -0.2) is 38.7 Å². The van der Waals surface area contributed by atoms with Crippen LogP contribution in [0.25, 0.3) is 0 Å². The van der Waals surface area contributed by atoms with Crippen molar-refractivity contribution in [3.05, 3.63) is 29.8 Å². The molecule has 1 atom stereocenters. The Labute approximate surface area is 124 Å². The molecule has 1 unspecified atom stereocenters. The van der Waals surface area contributed by atoms with E-state index in [4.69, 9.17) is 4.74 Å². The molecule has 0 aliphatic rings. The summed E-state index contributed by atoms with van der Waals surface area (Å²) in [5, 5.41) is 3.65. The smallest absolute Gasteiger partial charge is 0.123 e. The number of hydrogen-bond donors (Lipinski definition) is 1. The van der Waals surface area contributed by atoms with Crippen LogP contribution in [0.4, 0.5) is 0 Å². The Hall–Kier alpha value is -1.06. The molecular formula is C17H30N2O. The molecule has 20 heavy (non-hydrogen) atoms. The van der Waals surface area contributed by atoms with Gasteiger partial charge in [-0.05, 0) is 39.0 Å². The lowest BCUT2D eigenvalue weighted by molar-refractivity contribution is 0.282. The fourth-order valence-electron chi connectivity index (χ4n) is 2.38. The molecule has 1 aromatic rings. The molecule has 0 fully saturated rings. The van der Waals surface area contributed by atoms with Crippen LogP contribution in [0.1, 0.15) is 44.7 Å². The topological polar surface area (TPSA) is 24.5 Å². The fourth-order valence-corrected chi connectivity index (χ4v) is 2.38. The second kappa shape index (κ2) is 9.78. The standard InChI is InChI=1S/C17H30N2O/c1-5-7-13-19(3)14-16(18-12-6-2)15-10-8-9-11-17(15)20-4/h8-11,16,18H,5-7,12-14H2,1-4H3. The predicted octanol–water partition coefficient (Wildman–Crippen LogP) is 3.47. The van der Waals surface area contributed by atoms with Gasteiger partial charge in [0.25, 0.3) is 0 Å². The molecule has 1 N–H and O–H groups in total. The van der Waals surface area contributed by atoms with Gasteiger partial charge in [0.05, 0.1) is 7.11 Å². The molecule has 0 bridgehead atoms. The summed E-state index contributed by atoms with van der Waals surface area (Å²) in [6.07, 6.45) is 3.64. The van der Waals surface area contributed by atoms with Gasteiger partial charge in [0.1, 0.15) is 5.75 Å². The van der Waals surface area contributed by atoms with Crippen molar-refractivity contribution >= 4 is 0 Å². The number of methoxy groups -OCH3 is 1. The van der Waals surface area contributed by atoms with Crippen LogP contribution in [0.2, 0.25) is 0 Å². The molecule has 0 aliphatic heterocycles. The lowest BCUT2D eigenvalue weighted by Crippen LogP contribution is -2.34. The van der Waals surface area contributed by atoms with Gasteiger partial charge in [0.15, 0.2) is 0 Å². The molecule has 1 rings (SSSR count). The highest BCUT2D eigenvalue weighted by Gasteiger charge is 2.16. The normalized spacial score (nSPS) is 12.7. The number of nitrogens with one attached hydrogen (secondary N) is 1. The highest BCUT2D eigenvalue weighted by molar-refractivity contribution is 5.36. The van der Waals surface area contributed by atoms with Crippen molar-refractivity contribution in [1.29, 1.82) is 0 Å². The second-order valence-corrected chi connectivity index (χ2v) is 5.36. The summed E-state index contributed by atoms with van der Waals surface area (Å²) in [5.41, 5.74) is 1.26. The molecule has 0 saturated carbocycles. The lowest BCUT2D eigenvalue weighted by atomic mass is 10.0. The van der Waals surface area contributed by atoms with Crippen molar-refractivity contribution in [2.45, 2.75) is 39.2 Å².